The average Bonchev–Trinajstić information content (AvgIpc) is 2.95. The van der Waals surface area contributed by atoms with Crippen LogP contribution in [0.15, 0.2) is 20.1 Å². The number of likely N-dealkylation sites (N-methyl/N-ethyl adjacent to an activating group) is 1. The Morgan fingerprint density at radius 1 is 1.18 bits per heavy atom. The van der Waals surface area contributed by atoms with E-state index in [2.05, 4.69) is 32.8 Å². The fourth-order valence-electron chi connectivity index (χ4n) is 3.31. The van der Waals surface area contributed by atoms with E-state index in [1.807, 2.05) is 0 Å². The summed E-state index contributed by atoms with van der Waals surface area (Å²) in [5.74, 6) is 0. The van der Waals surface area contributed by atoms with Crippen LogP contribution in [0.2, 0.25) is 0 Å². The van der Waals surface area contributed by atoms with Crippen LogP contribution in [0.5, 0.6) is 0 Å². The van der Waals surface area contributed by atoms with E-state index in [1.165, 1.54) is 30.7 Å². The van der Waals surface area contributed by atoms with Crippen LogP contribution in [-0.4, -0.2) is 74.9 Å². The van der Waals surface area contributed by atoms with Crippen LogP contribution < -0.4 is 0 Å². The zero-order valence-corrected chi connectivity index (χ0v) is 16.0. The summed E-state index contributed by atoms with van der Waals surface area (Å²) in [4.78, 5) is 4.84. The maximum atomic E-state index is 12.6. The minimum absolute atomic E-state index is 0.435. The predicted molar refractivity (Wildman–Crippen MR) is 92.9 cm³/mol. The van der Waals surface area contributed by atoms with E-state index in [0.29, 0.717) is 23.3 Å². The molecule has 1 aromatic rings. The molecule has 22 heavy (non-hydrogen) atoms. The summed E-state index contributed by atoms with van der Waals surface area (Å²) in [6.07, 6.45) is 2.47. The standard InChI is InChI=1S/C14H22BrN3O2S2/c1-16-6-2-3-12(11-16)17-7-9-18(10-8-17)22(19,20)14-5-4-13(15)21-14/h4-5,12H,2-3,6-11H2,1H3. The van der Waals surface area contributed by atoms with Gasteiger partial charge in [0.1, 0.15) is 4.21 Å². The second-order valence-electron chi connectivity index (χ2n) is 6.06. The smallest absolute Gasteiger partial charge is 0.252 e. The van der Waals surface area contributed by atoms with Crippen molar-refractivity contribution in [3.63, 3.8) is 0 Å². The van der Waals surface area contributed by atoms with E-state index in [4.69, 9.17) is 0 Å². The van der Waals surface area contributed by atoms with Gasteiger partial charge in [-0.05, 0) is 54.5 Å². The van der Waals surface area contributed by atoms with Crippen molar-refractivity contribution in [3.8, 4) is 0 Å². The first kappa shape index (κ1) is 16.9. The average molecular weight is 408 g/mol. The molecule has 0 radical (unpaired) electrons. The SMILES string of the molecule is CN1CCCC(N2CCN(S(=O)(=O)c3ccc(Br)s3)CC2)C1. The number of likely N-dealkylation sites (tertiary alicyclic amines) is 1. The van der Waals surface area contributed by atoms with Gasteiger partial charge in [0, 0.05) is 38.8 Å². The third-order valence-electron chi connectivity index (χ3n) is 4.53. The van der Waals surface area contributed by atoms with Gasteiger partial charge in [-0.15, -0.1) is 11.3 Å². The Hall–Kier alpha value is 0.01000. The Labute approximate surface area is 145 Å². The highest BCUT2D eigenvalue weighted by Gasteiger charge is 2.32. The Morgan fingerprint density at radius 2 is 1.91 bits per heavy atom. The first-order chi connectivity index (χ1) is 10.5. The molecule has 3 rings (SSSR count). The zero-order valence-electron chi connectivity index (χ0n) is 12.7. The summed E-state index contributed by atoms with van der Waals surface area (Å²) in [6.45, 7) is 5.15. The summed E-state index contributed by atoms with van der Waals surface area (Å²) in [7, 11) is -1.15. The molecule has 2 aliphatic rings. The third kappa shape index (κ3) is 3.57. The van der Waals surface area contributed by atoms with Gasteiger partial charge in [0.15, 0.2) is 0 Å². The summed E-state index contributed by atoms with van der Waals surface area (Å²) in [6, 6.07) is 4.07. The maximum absolute atomic E-state index is 12.6. The van der Waals surface area contributed by atoms with Gasteiger partial charge in [-0.3, -0.25) is 4.90 Å². The number of halogens is 1. The molecule has 0 amide bonds. The molecule has 1 unspecified atom stereocenters. The van der Waals surface area contributed by atoms with Gasteiger partial charge in [-0.1, -0.05) is 0 Å². The lowest BCUT2D eigenvalue weighted by molar-refractivity contribution is 0.0824. The molecular formula is C14H22BrN3O2S2. The molecule has 0 spiro atoms. The Balaban J connectivity index is 1.62. The number of hydrogen-bond acceptors (Lipinski definition) is 5. The number of rotatable bonds is 3. The molecule has 0 saturated carbocycles. The van der Waals surface area contributed by atoms with E-state index in [0.717, 1.165) is 23.4 Å². The van der Waals surface area contributed by atoms with Crippen molar-refractivity contribution in [1.29, 1.82) is 0 Å². The minimum Gasteiger partial charge on any atom is -0.305 e. The lowest BCUT2D eigenvalue weighted by Crippen LogP contribution is -2.55. The first-order valence-corrected chi connectivity index (χ1v) is 10.7. The Kier molecular flexibility index (Phi) is 5.26. The van der Waals surface area contributed by atoms with Crippen molar-refractivity contribution in [2.24, 2.45) is 0 Å². The van der Waals surface area contributed by atoms with E-state index in [-0.39, 0.29) is 0 Å². The molecule has 0 aliphatic carbocycles. The van der Waals surface area contributed by atoms with Crippen LogP contribution in [0.3, 0.4) is 0 Å². The topological polar surface area (TPSA) is 43.9 Å². The molecule has 8 heteroatoms. The molecule has 1 atom stereocenters. The van der Waals surface area contributed by atoms with Gasteiger partial charge in [0.05, 0.1) is 3.79 Å². The van der Waals surface area contributed by atoms with Gasteiger partial charge in [0.2, 0.25) is 0 Å². The third-order valence-corrected chi connectivity index (χ3v) is 8.52. The van der Waals surface area contributed by atoms with Gasteiger partial charge >= 0.3 is 0 Å². The molecule has 2 fully saturated rings. The number of sulfonamides is 1. The summed E-state index contributed by atoms with van der Waals surface area (Å²) < 4.78 is 28.2. The van der Waals surface area contributed by atoms with Crippen molar-refractivity contribution in [2.75, 3.05) is 46.3 Å². The Bertz CT molecular complexity index is 611. The predicted octanol–water partition coefficient (Wildman–Crippen LogP) is 1.91. The first-order valence-electron chi connectivity index (χ1n) is 7.65. The quantitative estimate of drug-likeness (QED) is 0.767. The van der Waals surface area contributed by atoms with Crippen LogP contribution in [0.25, 0.3) is 0 Å². The van der Waals surface area contributed by atoms with Crippen molar-refractivity contribution in [1.82, 2.24) is 14.1 Å². The van der Waals surface area contributed by atoms with Crippen molar-refractivity contribution >= 4 is 37.3 Å². The number of piperidine rings is 1. The molecule has 5 nitrogen and oxygen atoms in total. The summed E-state index contributed by atoms with van der Waals surface area (Å²) in [5.41, 5.74) is 0. The van der Waals surface area contributed by atoms with Crippen LogP contribution in [0, 0.1) is 0 Å². The molecule has 124 valence electrons. The van der Waals surface area contributed by atoms with Gasteiger partial charge in [-0.2, -0.15) is 4.31 Å². The van der Waals surface area contributed by atoms with E-state index >= 15 is 0 Å². The fraction of sp³-hybridized carbons (Fsp3) is 0.714. The molecule has 3 heterocycles. The number of nitrogens with zero attached hydrogens (tertiary/aromatic N) is 3. The second-order valence-corrected chi connectivity index (χ2v) is 10.7. The van der Waals surface area contributed by atoms with Crippen LogP contribution in [0.4, 0.5) is 0 Å². The highest BCUT2D eigenvalue weighted by atomic mass is 79.9. The normalized spacial score (nSPS) is 26.4. The van der Waals surface area contributed by atoms with Crippen molar-refractivity contribution < 1.29 is 8.42 Å². The van der Waals surface area contributed by atoms with Crippen molar-refractivity contribution in [3.05, 3.63) is 15.9 Å². The maximum Gasteiger partial charge on any atom is 0.252 e. The van der Waals surface area contributed by atoms with Crippen LogP contribution >= 0.6 is 27.3 Å². The molecule has 2 aliphatic heterocycles. The minimum atomic E-state index is -3.32. The zero-order chi connectivity index (χ0) is 15.7. The largest absolute Gasteiger partial charge is 0.305 e. The molecule has 1 aromatic heterocycles. The lowest BCUT2D eigenvalue weighted by Gasteiger charge is -2.42. The highest BCUT2D eigenvalue weighted by molar-refractivity contribution is 9.11. The Morgan fingerprint density at radius 3 is 2.50 bits per heavy atom. The second kappa shape index (κ2) is 6.86. The van der Waals surface area contributed by atoms with Gasteiger partial charge in [0.25, 0.3) is 10.0 Å². The van der Waals surface area contributed by atoms with Crippen molar-refractivity contribution in [2.45, 2.75) is 23.1 Å². The van der Waals surface area contributed by atoms with Crippen LogP contribution in [-0.2, 0) is 10.0 Å². The van der Waals surface area contributed by atoms with E-state index < -0.39 is 10.0 Å². The van der Waals surface area contributed by atoms with Gasteiger partial charge in [-0.25, -0.2) is 8.42 Å². The molecule has 0 bridgehead atoms. The highest BCUT2D eigenvalue weighted by Crippen LogP contribution is 2.29. The number of hydrogen-bond donors (Lipinski definition) is 0. The number of thiophene rings is 1. The molecule has 0 aromatic carbocycles. The molecular weight excluding hydrogens is 386 g/mol. The molecule has 2 saturated heterocycles. The van der Waals surface area contributed by atoms with Crippen LogP contribution in [0.1, 0.15) is 12.8 Å². The summed E-state index contributed by atoms with van der Waals surface area (Å²) >= 11 is 4.62. The summed E-state index contributed by atoms with van der Waals surface area (Å²) in [5, 5.41) is 0. The lowest BCUT2D eigenvalue weighted by atomic mass is 10.0. The monoisotopic (exact) mass is 407 g/mol. The van der Waals surface area contributed by atoms with E-state index in [1.54, 1.807) is 16.4 Å². The van der Waals surface area contributed by atoms with E-state index in [9.17, 15) is 8.42 Å². The fourth-order valence-corrected chi connectivity index (χ4v) is 6.90. The number of piperazine rings is 1. The molecule has 0 N–H and O–H groups in total. The van der Waals surface area contributed by atoms with Gasteiger partial charge < -0.3 is 4.90 Å².